The molecule has 1 aliphatic carbocycles. The van der Waals surface area contributed by atoms with E-state index in [-0.39, 0.29) is 5.97 Å². The maximum atomic E-state index is 11.3. The molecule has 2 nitrogen and oxygen atoms in total. The Labute approximate surface area is 87.0 Å². The molecule has 0 radical (unpaired) electrons. The van der Waals surface area contributed by atoms with Gasteiger partial charge in [0.15, 0.2) is 0 Å². The summed E-state index contributed by atoms with van der Waals surface area (Å²) < 4.78 is 4.97. The highest BCUT2D eigenvalue weighted by Gasteiger charge is 2.29. The minimum absolute atomic E-state index is 0.0183. The van der Waals surface area contributed by atoms with Crippen molar-refractivity contribution in [2.75, 3.05) is 6.61 Å². The third kappa shape index (κ3) is 3.69. The lowest BCUT2D eigenvalue weighted by Crippen LogP contribution is -2.24. The molecule has 1 aliphatic rings. The Morgan fingerprint density at radius 1 is 1.50 bits per heavy atom. The molecule has 0 bridgehead atoms. The first kappa shape index (κ1) is 11.5. The van der Waals surface area contributed by atoms with E-state index in [0.717, 1.165) is 0 Å². The number of rotatable bonds is 3. The van der Waals surface area contributed by atoms with Gasteiger partial charge >= 0.3 is 5.97 Å². The molecule has 0 aromatic heterocycles. The fourth-order valence-corrected chi connectivity index (χ4v) is 2.48. The van der Waals surface area contributed by atoms with Crippen molar-refractivity contribution in [1.29, 1.82) is 0 Å². The van der Waals surface area contributed by atoms with Gasteiger partial charge in [0, 0.05) is 6.42 Å². The van der Waals surface area contributed by atoms with Crippen molar-refractivity contribution in [3.63, 3.8) is 0 Å². The van der Waals surface area contributed by atoms with Crippen LogP contribution in [0.1, 0.15) is 52.9 Å². The van der Waals surface area contributed by atoms with Crippen LogP contribution in [0.4, 0.5) is 0 Å². The van der Waals surface area contributed by atoms with Gasteiger partial charge in [0.1, 0.15) is 0 Å². The normalized spacial score (nSPS) is 25.8. The van der Waals surface area contributed by atoms with Crippen molar-refractivity contribution in [1.82, 2.24) is 0 Å². The summed E-state index contributed by atoms with van der Waals surface area (Å²) in [5.41, 5.74) is 0.426. The Morgan fingerprint density at radius 3 is 2.79 bits per heavy atom. The van der Waals surface area contributed by atoms with Crippen molar-refractivity contribution in [2.45, 2.75) is 52.9 Å². The molecule has 0 saturated heterocycles. The van der Waals surface area contributed by atoms with Crippen LogP contribution in [-0.2, 0) is 9.53 Å². The molecule has 1 rings (SSSR count). The smallest absolute Gasteiger partial charge is 0.306 e. The molecular formula is C12H22O2. The van der Waals surface area contributed by atoms with Gasteiger partial charge in [0.25, 0.3) is 0 Å². The first-order valence-corrected chi connectivity index (χ1v) is 5.69. The standard InChI is InChI=1S/C12H22O2/c1-4-14-11(13)8-10-6-5-7-12(2,3)9-10/h10H,4-9H2,1-3H3. The summed E-state index contributed by atoms with van der Waals surface area (Å²) in [7, 11) is 0. The van der Waals surface area contributed by atoms with E-state index < -0.39 is 0 Å². The molecule has 0 aromatic carbocycles. The molecule has 1 saturated carbocycles. The second-order valence-electron chi connectivity index (χ2n) is 5.14. The van der Waals surface area contributed by atoms with Gasteiger partial charge in [-0.05, 0) is 37.5 Å². The summed E-state index contributed by atoms with van der Waals surface area (Å²) in [5, 5.41) is 0. The number of hydrogen-bond acceptors (Lipinski definition) is 2. The predicted molar refractivity (Wildman–Crippen MR) is 57.0 cm³/mol. The number of ether oxygens (including phenoxy) is 1. The van der Waals surface area contributed by atoms with E-state index in [1.807, 2.05) is 6.92 Å². The van der Waals surface area contributed by atoms with E-state index >= 15 is 0 Å². The minimum Gasteiger partial charge on any atom is -0.466 e. The zero-order valence-corrected chi connectivity index (χ0v) is 9.64. The molecule has 0 heterocycles. The fourth-order valence-electron chi connectivity index (χ4n) is 2.48. The van der Waals surface area contributed by atoms with Gasteiger partial charge in [-0.15, -0.1) is 0 Å². The second kappa shape index (κ2) is 4.81. The third-order valence-electron chi connectivity index (χ3n) is 3.07. The summed E-state index contributed by atoms with van der Waals surface area (Å²) in [6, 6.07) is 0. The summed E-state index contributed by atoms with van der Waals surface area (Å²) in [4.78, 5) is 11.3. The summed E-state index contributed by atoms with van der Waals surface area (Å²) in [6.45, 7) is 6.96. The van der Waals surface area contributed by atoms with Crippen molar-refractivity contribution >= 4 is 5.97 Å². The van der Waals surface area contributed by atoms with Crippen LogP contribution in [0.3, 0.4) is 0 Å². The van der Waals surface area contributed by atoms with Crippen molar-refractivity contribution < 1.29 is 9.53 Å². The average molecular weight is 198 g/mol. The maximum absolute atomic E-state index is 11.3. The van der Waals surface area contributed by atoms with Crippen molar-refractivity contribution in [3.05, 3.63) is 0 Å². The SMILES string of the molecule is CCOC(=O)CC1CCCC(C)(C)C1. The minimum atomic E-state index is -0.0183. The maximum Gasteiger partial charge on any atom is 0.306 e. The van der Waals surface area contributed by atoms with Crippen LogP contribution in [0.25, 0.3) is 0 Å². The molecule has 0 aliphatic heterocycles. The molecule has 0 aromatic rings. The van der Waals surface area contributed by atoms with Gasteiger partial charge in [-0.25, -0.2) is 0 Å². The average Bonchev–Trinajstić information content (AvgIpc) is 2.02. The fraction of sp³-hybridized carbons (Fsp3) is 0.917. The Balaban J connectivity index is 2.34. The molecule has 0 N–H and O–H groups in total. The van der Waals surface area contributed by atoms with E-state index in [9.17, 15) is 4.79 Å². The van der Waals surface area contributed by atoms with Gasteiger partial charge in [0.2, 0.25) is 0 Å². The number of carbonyl (C=O) groups is 1. The van der Waals surface area contributed by atoms with Crippen LogP contribution in [0.2, 0.25) is 0 Å². The largest absolute Gasteiger partial charge is 0.466 e. The topological polar surface area (TPSA) is 26.3 Å². The molecule has 1 fully saturated rings. The molecule has 0 spiro atoms. The second-order valence-corrected chi connectivity index (χ2v) is 5.14. The highest BCUT2D eigenvalue weighted by Crippen LogP contribution is 2.39. The van der Waals surface area contributed by atoms with Crippen LogP contribution in [0.15, 0.2) is 0 Å². The quantitative estimate of drug-likeness (QED) is 0.651. The molecule has 82 valence electrons. The predicted octanol–water partition coefficient (Wildman–Crippen LogP) is 3.16. The number of hydrogen-bond donors (Lipinski definition) is 0. The monoisotopic (exact) mass is 198 g/mol. The first-order chi connectivity index (χ1) is 6.53. The van der Waals surface area contributed by atoms with Crippen LogP contribution >= 0.6 is 0 Å². The van der Waals surface area contributed by atoms with Crippen LogP contribution in [-0.4, -0.2) is 12.6 Å². The van der Waals surface area contributed by atoms with Gasteiger partial charge in [-0.3, -0.25) is 4.79 Å². The zero-order chi connectivity index (χ0) is 10.6. The zero-order valence-electron chi connectivity index (χ0n) is 9.64. The third-order valence-corrected chi connectivity index (χ3v) is 3.07. The highest BCUT2D eigenvalue weighted by molar-refractivity contribution is 5.69. The lowest BCUT2D eigenvalue weighted by atomic mass is 9.71. The number of esters is 1. The van der Waals surface area contributed by atoms with E-state index in [4.69, 9.17) is 4.74 Å². The van der Waals surface area contributed by atoms with E-state index in [1.54, 1.807) is 0 Å². The lowest BCUT2D eigenvalue weighted by molar-refractivity contribution is -0.144. The van der Waals surface area contributed by atoms with Gasteiger partial charge in [-0.2, -0.15) is 0 Å². The summed E-state index contributed by atoms with van der Waals surface area (Å²) >= 11 is 0. The van der Waals surface area contributed by atoms with Crippen LogP contribution in [0.5, 0.6) is 0 Å². The van der Waals surface area contributed by atoms with Crippen LogP contribution in [0, 0.1) is 11.3 Å². The molecule has 14 heavy (non-hydrogen) atoms. The molecule has 1 atom stereocenters. The van der Waals surface area contributed by atoms with Crippen LogP contribution < -0.4 is 0 Å². The van der Waals surface area contributed by atoms with Gasteiger partial charge < -0.3 is 4.74 Å². The first-order valence-electron chi connectivity index (χ1n) is 5.69. The van der Waals surface area contributed by atoms with Gasteiger partial charge in [0.05, 0.1) is 6.61 Å². The van der Waals surface area contributed by atoms with E-state index in [1.165, 1.54) is 25.7 Å². The van der Waals surface area contributed by atoms with Gasteiger partial charge in [-0.1, -0.05) is 20.3 Å². The highest BCUT2D eigenvalue weighted by atomic mass is 16.5. The Kier molecular flexibility index (Phi) is 3.97. The van der Waals surface area contributed by atoms with Crippen molar-refractivity contribution in [3.8, 4) is 0 Å². The summed E-state index contributed by atoms with van der Waals surface area (Å²) in [6.07, 6.45) is 5.55. The lowest BCUT2D eigenvalue weighted by Gasteiger charge is -2.34. The molecule has 0 amide bonds. The molecule has 1 unspecified atom stereocenters. The van der Waals surface area contributed by atoms with E-state index in [2.05, 4.69) is 13.8 Å². The number of carbonyl (C=O) groups excluding carboxylic acids is 1. The Morgan fingerprint density at radius 2 is 2.21 bits per heavy atom. The Hall–Kier alpha value is -0.530. The van der Waals surface area contributed by atoms with Crippen molar-refractivity contribution in [2.24, 2.45) is 11.3 Å². The molecule has 2 heteroatoms. The molecular weight excluding hydrogens is 176 g/mol. The Bertz CT molecular complexity index is 196. The van der Waals surface area contributed by atoms with E-state index in [0.29, 0.717) is 24.4 Å². The summed E-state index contributed by atoms with van der Waals surface area (Å²) in [5.74, 6) is 0.535.